The van der Waals surface area contributed by atoms with Crippen LogP contribution in [0.15, 0.2) is 30.3 Å². The second-order valence-electron chi connectivity index (χ2n) is 4.09. The van der Waals surface area contributed by atoms with Gasteiger partial charge in [-0.05, 0) is 5.56 Å². The number of carbonyl (C=O) groups is 2. The first kappa shape index (κ1) is 12.4. The molecule has 1 saturated heterocycles. The van der Waals surface area contributed by atoms with Crippen molar-refractivity contribution in [2.45, 2.75) is 12.6 Å². The van der Waals surface area contributed by atoms with Crippen LogP contribution < -0.4 is 5.73 Å². The molecule has 1 aliphatic heterocycles. The van der Waals surface area contributed by atoms with Crippen LogP contribution >= 0.6 is 0 Å². The van der Waals surface area contributed by atoms with E-state index in [2.05, 4.69) is 0 Å². The number of hydrogen-bond donors (Lipinski definition) is 1. The number of nitrogens with two attached hydrogens (primary N) is 1. The molecule has 6 nitrogen and oxygen atoms in total. The van der Waals surface area contributed by atoms with Gasteiger partial charge in [0.15, 0.2) is 0 Å². The largest absolute Gasteiger partial charge is 0.443 e. The molecule has 1 atom stereocenters. The standard InChI is InChI=1S/C12H15N3O3/c1-14(15-7-10(13)11(15)16)12(17)18-8-9-5-3-2-4-6-9/h2-6,10H,7-8,13H2,1H3/t10-/m0/s1. The van der Waals surface area contributed by atoms with Gasteiger partial charge in [-0.1, -0.05) is 30.3 Å². The zero-order valence-electron chi connectivity index (χ0n) is 10.1. The van der Waals surface area contributed by atoms with Crippen molar-refractivity contribution in [2.24, 2.45) is 5.73 Å². The maximum absolute atomic E-state index is 11.7. The van der Waals surface area contributed by atoms with E-state index in [9.17, 15) is 9.59 Å². The Bertz CT molecular complexity index is 449. The highest BCUT2D eigenvalue weighted by Crippen LogP contribution is 2.12. The van der Waals surface area contributed by atoms with Crippen molar-refractivity contribution < 1.29 is 14.3 Å². The summed E-state index contributed by atoms with van der Waals surface area (Å²) in [4.78, 5) is 23.0. The third kappa shape index (κ3) is 2.43. The molecule has 2 N–H and O–H groups in total. The molecule has 0 spiro atoms. The Hall–Kier alpha value is -2.08. The molecule has 1 heterocycles. The van der Waals surface area contributed by atoms with E-state index in [1.807, 2.05) is 30.3 Å². The summed E-state index contributed by atoms with van der Waals surface area (Å²) in [6.07, 6.45) is -0.570. The average molecular weight is 249 g/mol. The van der Waals surface area contributed by atoms with E-state index >= 15 is 0 Å². The van der Waals surface area contributed by atoms with Gasteiger partial charge in [0.2, 0.25) is 0 Å². The van der Waals surface area contributed by atoms with Crippen molar-refractivity contribution in [3.05, 3.63) is 35.9 Å². The Morgan fingerprint density at radius 1 is 1.50 bits per heavy atom. The minimum Gasteiger partial charge on any atom is -0.443 e. The molecule has 2 amide bonds. The summed E-state index contributed by atoms with van der Waals surface area (Å²) >= 11 is 0. The number of hydrogen-bond acceptors (Lipinski definition) is 4. The van der Waals surface area contributed by atoms with E-state index in [1.54, 1.807) is 0 Å². The van der Waals surface area contributed by atoms with E-state index in [0.29, 0.717) is 6.54 Å². The van der Waals surface area contributed by atoms with Gasteiger partial charge in [-0.2, -0.15) is 0 Å². The maximum atomic E-state index is 11.7. The molecular weight excluding hydrogens is 234 g/mol. The van der Waals surface area contributed by atoms with Gasteiger partial charge < -0.3 is 10.5 Å². The molecule has 2 rings (SSSR count). The van der Waals surface area contributed by atoms with Crippen LogP contribution in [0.25, 0.3) is 0 Å². The molecule has 1 aromatic carbocycles. The van der Waals surface area contributed by atoms with Crippen LogP contribution in [-0.2, 0) is 16.1 Å². The van der Waals surface area contributed by atoms with Gasteiger partial charge in [0, 0.05) is 7.05 Å². The molecule has 0 saturated carbocycles. The fourth-order valence-corrected chi connectivity index (χ4v) is 1.61. The predicted molar refractivity (Wildman–Crippen MR) is 64.1 cm³/mol. The lowest BCUT2D eigenvalue weighted by Crippen LogP contribution is -2.66. The van der Waals surface area contributed by atoms with E-state index in [1.165, 1.54) is 12.1 Å². The normalized spacial score (nSPS) is 18.2. The molecule has 0 bridgehead atoms. The van der Waals surface area contributed by atoms with Gasteiger partial charge in [-0.3, -0.25) is 4.79 Å². The fraction of sp³-hybridized carbons (Fsp3) is 0.333. The highest BCUT2D eigenvalue weighted by molar-refractivity contribution is 5.89. The zero-order chi connectivity index (χ0) is 13.1. The SMILES string of the molecule is CN(C(=O)OCc1ccccc1)N1C[C@H](N)C1=O. The Morgan fingerprint density at radius 3 is 2.72 bits per heavy atom. The average Bonchev–Trinajstić information content (AvgIpc) is 2.42. The second kappa shape index (κ2) is 5.05. The number of rotatable bonds is 3. The van der Waals surface area contributed by atoms with Gasteiger partial charge in [-0.25, -0.2) is 14.8 Å². The first-order chi connectivity index (χ1) is 8.59. The third-order valence-corrected chi connectivity index (χ3v) is 2.77. The minimum absolute atomic E-state index is 0.179. The van der Waals surface area contributed by atoms with Crippen molar-refractivity contribution in [1.29, 1.82) is 0 Å². The lowest BCUT2D eigenvalue weighted by Gasteiger charge is -2.40. The van der Waals surface area contributed by atoms with Gasteiger partial charge in [0.25, 0.3) is 5.91 Å². The molecule has 0 radical (unpaired) electrons. The summed E-state index contributed by atoms with van der Waals surface area (Å²) in [5.41, 5.74) is 6.34. The Balaban J connectivity index is 1.83. The smallest absolute Gasteiger partial charge is 0.428 e. The van der Waals surface area contributed by atoms with Crippen LogP contribution in [0, 0.1) is 0 Å². The van der Waals surface area contributed by atoms with Crippen LogP contribution in [0.1, 0.15) is 5.56 Å². The zero-order valence-corrected chi connectivity index (χ0v) is 10.1. The number of ether oxygens (including phenoxy) is 1. The number of hydrazine groups is 1. The highest BCUT2D eigenvalue weighted by atomic mass is 16.6. The Morgan fingerprint density at radius 2 is 2.17 bits per heavy atom. The van der Waals surface area contributed by atoms with E-state index in [0.717, 1.165) is 10.6 Å². The van der Waals surface area contributed by atoms with Gasteiger partial charge in [-0.15, -0.1) is 0 Å². The fourth-order valence-electron chi connectivity index (χ4n) is 1.61. The first-order valence-electron chi connectivity index (χ1n) is 5.61. The summed E-state index contributed by atoms with van der Waals surface area (Å²) in [7, 11) is 1.48. The summed E-state index contributed by atoms with van der Waals surface area (Å²) < 4.78 is 5.08. The van der Waals surface area contributed by atoms with Crippen LogP contribution in [-0.4, -0.2) is 41.7 Å². The molecule has 1 fully saturated rings. The molecule has 6 heteroatoms. The highest BCUT2D eigenvalue weighted by Gasteiger charge is 2.38. The lowest BCUT2D eigenvalue weighted by molar-refractivity contribution is -0.160. The van der Waals surface area contributed by atoms with Gasteiger partial charge in [0.1, 0.15) is 12.6 Å². The van der Waals surface area contributed by atoms with E-state index in [-0.39, 0.29) is 12.5 Å². The molecule has 96 valence electrons. The molecule has 0 unspecified atom stereocenters. The lowest BCUT2D eigenvalue weighted by atomic mass is 10.1. The molecule has 18 heavy (non-hydrogen) atoms. The van der Waals surface area contributed by atoms with Crippen LogP contribution in [0.2, 0.25) is 0 Å². The first-order valence-corrected chi connectivity index (χ1v) is 5.61. The van der Waals surface area contributed by atoms with Crippen LogP contribution in [0.5, 0.6) is 0 Å². The van der Waals surface area contributed by atoms with Crippen molar-refractivity contribution in [3.63, 3.8) is 0 Å². The molecule has 1 aromatic rings. The van der Waals surface area contributed by atoms with Gasteiger partial charge >= 0.3 is 6.09 Å². The number of nitrogens with zero attached hydrogens (tertiary/aromatic N) is 2. The molecule has 0 aliphatic carbocycles. The molecular formula is C12H15N3O3. The van der Waals surface area contributed by atoms with Gasteiger partial charge in [0.05, 0.1) is 6.54 Å². The summed E-state index contributed by atoms with van der Waals surface area (Å²) in [6.45, 7) is 0.522. The van der Waals surface area contributed by atoms with Crippen molar-refractivity contribution >= 4 is 12.0 Å². The Kier molecular flexibility index (Phi) is 3.47. The molecule has 0 aromatic heterocycles. The van der Waals surface area contributed by atoms with Crippen molar-refractivity contribution in [2.75, 3.05) is 13.6 Å². The maximum Gasteiger partial charge on any atom is 0.428 e. The Labute approximate surface area is 105 Å². The third-order valence-electron chi connectivity index (χ3n) is 2.77. The number of carbonyl (C=O) groups excluding carboxylic acids is 2. The summed E-state index contributed by atoms with van der Waals surface area (Å²) in [5.74, 6) is -0.269. The van der Waals surface area contributed by atoms with Crippen LogP contribution in [0.3, 0.4) is 0 Å². The summed E-state index contributed by atoms with van der Waals surface area (Å²) in [5, 5.41) is 2.41. The minimum atomic E-state index is -0.570. The second-order valence-corrected chi connectivity index (χ2v) is 4.09. The predicted octanol–water partition coefficient (Wildman–Crippen LogP) is 0.340. The van der Waals surface area contributed by atoms with Crippen molar-refractivity contribution in [1.82, 2.24) is 10.0 Å². The molecule has 1 aliphatic rings. The monoisotopic (exact) mass is 249 g/mol. The number of benzene rings is 1. The number of amides is 2. The quantitative estimate of drug-likeness (QED) is 0.784. The topological polar surface area (TPSA) is 75.9 Å². The van der Waals surface area contributed by atoms with Crippen LogP contribution in [0.4, 0.5) is 4.79 Å². The summed E-state index contributed by atoms with van der Waals surface area (Å²) in [6, 6.07) is 8.83. The van der Waals surface area contributed by atoms with E-state index in [4.69, 9.17) is 10.5 Å². The number of β-lactam (4-membered cyclic amide) rings is 1. The van der Waals surface area contributed by atoms with E-state index < -0.39 is 12.1 Å². The van der Waals surface area contributed by atoms with Crippen molar-refractivity contribution in [3.8, 4) is 0 Å².